The van der Waals surface area contributed by atoms with Gasteiger partial charge in [0.2, 0.25) is 0 Å². The van der Waals surface area contributed by atoms with Crippen molar-refractivity contribution in [3.8, 4) is 0 Å². The number of fused-ring (bicyclic) bond motifs is 2. The van der Waals surface area contributed by atoms with E-state index in [0.717, 1.165) is 17.9 Å². The number of thioether (sulfide) groups is 1. The Morgan fingerprint density at radius 2 is 2.04 bits per heavy atom. The molecular formula is C16H24N6O3S. The largest absolute Gasteiger partial charge is 0.382 e. The van der Waals surface area contributed by atoms with Crippen LogP contribution in [-0.2, 0) is 14.2 Å². The number of nitrogens with zero attached hydrogens (tertiary/aromatic N) is 4. The average molecular weight is 380 g/mol. The first-order valence-electron chi connectivity index (χ1n) is 8.72. The lowest BCUT2D eigenvalue weighted by atomic mass is 10.1. The predicted molar refractivity (Wildman–Crippen MR) is 98.5 cm³/mol. The van der Waals surface area contributed by atoms with Crippen LogP contribution in [0.2, 0.25) is 0 Å². The van der Waals surface area contributed by atoms with Gasteiger partial charge in [0.05, 0.1) is 12.4 Å². The van der Waals surface area contributed by atoms with E-state index in [9.17, 15) is 0 Å². The minimum absolute atomic E-state index is 0.0776. The van der Waals surface area contributed by atoms with E-state index in [-0.39, 0.29) is 24.5 Å². The molecule has 0 spiro atoms. The van der Waals surface area contributed by atoms with Gasteiger partial charge >= 0.3 is 0 Å². The van der Waals surface area contributed by atoms with Crippen molar-refractivity contribution in [3.63, 3.8) is 0 Å². The Hall–Kier alpha value is -1.46. The number of hydrogen-bond acceptors (Lipinski definition) is 9. The third-order valence-corrected chi connectivity index (χ3v) is 5.70. The first kappa shape index (κ1) is 17.9. The molecule has 10 heteroatoms. The maximum atomic E-state index is 6.31. The molecule has 4 heterocycles. The maximum Gasteiger partial charge on any atom is 0.167 e. The van der Waals surface area contributed by atoms with Crippen LogP contribution in [0.15, 0.2) is 12.7 Å². The van der Waals surface area contributed by atoms with Crippen LogP contribution >= 0.6 is 11.8 Å². The number of ether oxygens (including phenoxy) is 3. The highest BCUT2D eigenvalue weighted by Crippen LogP contribution is 2.44. The molecule has 2 saturated heterocycles. The maximum absolute atomic E-state index is 6.31. The van der Waals surface area contributed by atoms with Gasteiger partial charge in [-0.05, 0) is 32.6 Å². The molecule has 2 aliphatic rings. The smallest absolute Gasteiger partial charge is 0.167 e. The van der Waals surface area contributed by atoms with E-state index >= 15 is 0 Å². The van der Waals surface area contributed by atoms with E-state index in [0.29, 0.717) is 23.5 Å². The summed E-state index contributed by atoms with van der Waals surface area (Å²) in [5, 5.41) is 0. The van der Waals surface area contributed by atoms with Gasteiger partial charge in [-0.1, -0.05) is 0 Å². The van der Waals surface area contributed by atoms with Crippen LogP contribution in [0.4, 0.5) is 5.82 Å². The van der Waals surface area contributed by atoms with E-state index in [4.69, 9.17) is 25.7 Å². The van der Waals surface area contributed by atoms with Crippen LogP contribution in [0, 0.1) is 0 Å². The lowest BCUT2D eigenvalue weighted by Crippen LogP contribution is -2.31. The van der Waals surface area contributed by atoms with Crippen molar-refractivity contribution in [2.24, 2.45) is 5.73 Å². The van der Waals surface area contributed by atoms with E-state index in [1.807, 2.05) is 30.2 Å². The average Bonchev–Trinajstić information content (AvgIpc) is 3.24. The van der Waals surface area contributed by atoms with Gasteiger partial charge in [0.25, 0.3) is 0 Å². The second-order valence-corrected chi connectivity index (χ2v) is 8.08. The molecule has 2 aliphatic heterocycles. The van der Waals surface area contributed by atoms with E-state index in [1.165, 1.54) is 6.33 Å². The minimum Gasteiger partial charge on any atom is -0.382 e. The van der Waals surface area contributed by atoms with E-state index < -0.39 is 5.79 Å². The van der Waals surface area contributed by atoms with E-state index in [1.54, 1.807) is 6.33 Å². The topological polar surface area (TPSA) is 123 Å². The van der Waals surface area contributed by atoms with Gasteiger partial charge in [-0.25, -0.2) is 15.0 Å². The molecule has 0 aliphatic carbocycles. The highest BCUT2D eigenvalue weighted by molar-refractivity contribution is 7.99. The zero-order chi connectivity index (χ0) is 18.3. The number of anilines is 1. The van der Waals surface area contributed by atoms with Gasteiger partial charge < -0.3 is 25.7 Å². The summed E-state index contributed by atoms with van der Waals surface area (Å²) in [6.07, 6.45) is 3.26. The second kappa shape index (κ2) is 6.93. The summed E-state index contributed by atoms with van der Waals surface area (Å²) in [4.78, 5) is 12.7. The minimum atomic E-state index is -0.651. The lowest BCUT2D eigenvalue weighted by Gasteiger charge is -2.24. The van der Waals surface area contributed by atoms with Crippen molar-refractivity contribution >= 4 is 28.7 Å². The second-order valence-electron chi connectivity index (χ2n) is 6.93. The molecule has 142 valence electrons. The molecule has 0 unspecified atom stereocenters. The Balaban J connectivity index is 1.60. The fraction of sp³-hybridized carbons (Fsp3) is 0.688. The van der Waals surface area contributed by atoms with Gasteiger partial charge in [-0.3, -0.25) is 4.57 Å². The van der Waals surface area contributed by atoms with Crippen molar-refractivity contribution < 1.29 is 14.2 Å². The van der Waals surface area contributed by atoms with Crippen molar-refractivity contribution in [1.29, 1.82) is 0 Å². The number of rotatable bonds is 6. The predicted octanol–water partition coefficient (Wildman–Crippen LogP) is 0.908. The lowest BCUT2D eigenvalue weighted by molar-refractivity contribution is -0.193. The third-order valence-electron chi connectivity index (χ3n) is 4.56. The number of nitrogens with two attached hydrogens (primary N) is 2. The van der Waals surface area contributed by atoms with Crippen LogP contribution in [0.3, 0.4) is 0 Å². The quantitative estimate of drug-likeness (QED) is 0.704. The first-order chi connectivity index (χ1) is 12.5. The van der Waals surface area contributed by atoms with Crippen LogP contribution < -0.4 is 11.5 Å². The molecule has 4 rings (SSSR count). The molecule has 4 atom stereocenters. The summed E-state index contributed by atoms with van der Waals surface area (Å²) in [5.41, 5.74) is 12.7. The fourth-order valence-electron chi connectivity index (χ4n) is 3.46. The number of aromatic nitrogens is 4. The zero-order valence-corrected chi connectivity index (χ0v) is 15.7. The normalized spacial score (nSPS) is 30.1. The molecule has 26 heavy (non-hydrogen) atoms. The van der Waals surface area contributed by atoms with Gasteiger partial charge in [0.15, 0.2) is 23.5 Å². The molecule has 2 fully saturated rings. The molecule has 0 aromatic carbocycles. The Bertz CT molecular complexity index is 784. The third kappa shape index (κ3) is 3.16. The molecule has 0 amide bonds. The van der Waals surface area contributed by atoms with Gasteiger partial charge in [0, 0.05) is 5.75 Å². The highest BCUT2D eigenvalue weighted by atomic mass is 32.2. The highest BCUT2D eigenvalue weighted by Gasteiger charge is 2.55. The summed E-state index contributed by atoms with van der Waals surface area (Å²) in [6, 6.07) is 0. The molecule has 2 aromatic heterocycles. The summed E-state index contributed by atoms with van der Waals surface area (Å²) in [5.74, 6) is 1.52. The van der Waals surface area contributed by atoms with Gasteiger partial charge in [-0.2, -0.15) is 11.8 Å². The summed E-state index contributed by atoms with van der Waals surface area (Å²) in [7, 11) is 0. The van der Waals surface area contributed by atoms with Crippen molar-refractivity contribution in [2.75, 3.05) is 23.8 Å². The molecular weight excluding hydrogens is 356 g/mol. The monoisotopic (exact) mass is 380 g/mol. The number of imidazole rings is 1. The SMILES string of the molecule is CC1(C)O[C@@H]2[C@H](O1)[C@@H](CSCCCN)O[C@H]2n1cnc2c(N)ncnc21. The van der Waals surface area contributed by atoms with Crippen molar-refractivity contribution in [1.82, 2.24) is 19.5 Å². The molecule has 2 aromatic rings. The van der Waals surface area contributed by atoms with Gasteiger partial charge in [-0.15, -0.1) is 0 Å². The van der Waals surface area contributed by atoms with Crippen molar-refractivity contribution in [3.05, 3.63) is 12.7 Å². The van der Waals surface area contributed by atoms with Gasteiger partial charge in [0.1, 0.15) is 24.1 Å². The molecule has 0 radical (unpaired) electrons. The summed E-state index contributed by atoms with van der Waals surface area (Å²) < 4.78 is 20.5. The summed E-state index contributed by atoms with van der Waals surface area (Å²) in [6.45, 7) is 4.54. The number of hydrogen-bond donors (Lipinski definition) is 2. The Labute approximate surface area is 155 Å². The molecule has 0 saturated carbocycles. The van der Waals surface area contributed by atoms with Crippen LogP contribution in [0.5, 0.6) is 0 Å². The standard InChI is InChI=1S/C16H24N6O3S/c1-16(2)24-11-9(6-26-5-3-4-17)23-15(12(11)25-16)22-8-21-10-13(18)19-7-20-14(10)22/h7-9,11-12,15H,3-6,17H2,1-2H3,(H2,18,19,20)/t9-,11-,12-,15-/m1/s1. The zero-order valence-electron chi connectivity index (χ0n) is 14.9. The Morgan fingerprint density at radius 3 is 2.85 bits per heavy atom. The van der Waals surface area contributed by atoms with E-state index in [2.05, 4.69) is 15.0 Å². The summed E-state index contributed by atoms with van der Waals surface area (Å²) >= 11 is 1.82. The number of nitrogen functional groups attached to an aromatic ring is 1. The molecule has 4 N–H and O–H groups in total. The molecule has 9 nitrogen and oxygen atoms in total. The van der Waals surface area contributed by atoms with Crippen molar-refractivity contribution in [2.45, 2.75) is 50.6 Å². The fourth-order valence-corrected chi connectivity index (χ4v) is 4.50. The first-order valence-corrected chi connectivity index (χ1v) is 9.87. The Morgan fingerprint density at radius 1 is 1.23 bits per heavy atom. The van der Waals surface area contributed by atoms with Crippen LogP contribution in [0.25, 0.3) is 11.2 Å². The Kier molecular flexibility index (Phi) is 4.78. The van der Waals surface area contributed by atoms with Crippen LogP contribution in [-0.4, -0.2) is 61.7 Å². The molecule has 0 bridgehead atoms. The van der Waals surface area contributed by atoms with Crippen LogP contribution in [0.1, 0.15) is 26.5 Å².